The highest BCUT2D eigenvalue weighted by atomic mass is 32.2. The monoisotopic (exact) mass is 496 g/mol. The summed E-state index contributed by atoms with van der Waals surface area (Å²) < 4.78 is 1.71. The summed E-state index contributed by atoms with van der Waals surface area (Å²) in [6, 6.07) is 4.04. The van der Waals surface area contributed by atoms with E-state index in [0.29, 0.717) is 5.75 Å². The van der Waals surface area contributed by atoms with Gasteiger partial charge in [0.15, 0.2) is 0 Å². The number of thiol groups is 2. The summed E-state index contributed by atoms with van der Waals surface area (Å²) >= 11 is 10.2. The SMILES string of the molecule is CC(C)(C)c1cc(NC2=CC(S)=CN(S)S2)cc(C(C)(C)C)c1O.CCCCCCCC. The van der Waals surface area contributed by atoms with Crippen LogP contribution in [0.1, 0.15) is 105 Å². The Morgan fingerprint density at radius 2 is 1.38 bits per heavy atom. The van der Waals surface area contributed by atoms with Crippen molar-refractivity contribution < 1.29 is 5.11 Å². The molecule has 1 aromatic carbocycles. The van der Waals surface area contributed by atoms with E-state index >= 15 is 0 Å². The summed E-state index contributed by atoms with van der Waals surface area (Å²) in [5.74, 6) is 0.386. The number of rotatable bonds is 7. The van der Waals surface area contributed by atoms with Crippen LogP contribution in [0, 0.1) is 0 Å². The average molecular weight is 497 g/mol. The van der Waals surface area contributed by atoms with Gasteiger partial charge in [0.2, 0.25) is 0 Å². The molecule has 1 aliphatic rings. The van der Waals surface area contributed by atoms with Crippen LogP contribution in [-0.2, 0) is 10.8 Å². The van der Waals surface area contributed by atoms with Crippen molar-refractivity contribution in [1.29, 1.82) is 0 Å². The number of aromatic hydroxyl groups is 1. The summed E-state index contributed by atoms with van der Waals surface area (Å²) in [6.07, 6.45) is 12.3. The molecule has 32 heavy (non-hydrogen) atoms. The molecule has 0 unspecified atom stereocenters. The molecule has 0 aromatic heterocycles. The standard InChI is InChI=1S/C18H26N2OS3.C8H18/c1-17(2,3)13-7-11(8-14(16(13)21)18(4,5)6)19-15-9-12(22)10-20(23)24-15;1-3-5-7-8-6-4-2/h7-10,19,21-23H,1-6H3;3-8H2,1-2H3. The van der Waals surface area contributed by atoms with E-state index in [9.17, 15) is 5.11 Å². The first-order chi connectivity index (χ1) is 14.8. The van der Waals surface area contributed by atoms with Gasteiger partial charge in [-0.15, -0.1) is 12.6 Å². The lowest BCUT2D eigenvalue weighted by atomic mass is 9.79. The summed E-state index contributed by atoms with van der Waals surface area (Å²) in [4.78, 5) is 0.831. The number of unbranched alkanes of at least 4 members (excludes halogenated alkanes) is 5. The van der Waals surface area contributed by atoms with Crippen molar-refractivity contribution in [3.63, 3.8) is 0 Å². The van der Waals surface area contributed by atoms with E-state index in [-0.39, 0.29) is 10.8 Å². The van der Waals surface area contributed by atoms with Crippen LogP contribution in [0.4, 0.5) is 5.69 Å². The minimum absolute atomic E-state index is 0.153. The predicted molar refractivity (Wildman–Crippen MR) is 152 cm³/mol. The number of benzene rings is 1. The Kier molecular flexibility index (Phi) is 12.0. The highest BCUT2D eigenvalue weighted by Crippen LogP contribution is 2.42. The van der Waals surface area contributed by atoms with Gasteiger partial charge in [-0.1, -0.05) is 107 Å². The van der Waals surface area contributed by atoms with E-state index in [0.717, 1.165) is 26.7 Å². The lowest BCUT2D eigenvalue weighted by Crippen LogP contribution is -2.18. The van der Waals surface area contributed by atoms with Gasteiger partial charge in [-0.05, 0) is 29.0 Å². The summed E-state index contributed by atoms with van der Waals surface area (Å²) in [5, 5.41) is 15.1. The molecule has 1 aromatic rings. The molecule has 2 rings (SSSR count). The molecular formula is C26H44N2OS3. The van der Waals surface area contributed by atoms with E-state index in [1.165, 1.54) is 50.5 Å². The van der Waals surface area contributed by atoms with Crippen LogP contribution in [0.3, 0.4) is 0 Å². The van der Waals surface area contributed by atoms with E-state index in [2.05, 4.69) is 86.2 Å². The number of phenols is 1. The Bertz CT molecular complexity index is 748. The first kappa shape index (κ1) is 29.2. The third kappa shape index (κ3) is 9.96. The summed E-state index contributed by atoms with van der Waals surface area (Å²) in [7, 11) is 0. The van der Waals surface area contributed by atoms with Gasteiger partial charge in [-0.3, -0.25) is 3.71 Å². The predicted octanol–water partition coefficient (Wildman–Crippen LogP) is 9.19. The fourth-order valence-corrected chi connectivity index (χ4v) is 4.94. The smallest absolute Gasteiger partial charge is 0.123 e. The number of allylic oxidation sites excluding steroid dienone is 1. The number of hydrogen-bond acceptors (Lipinski definition) is 6. The fraction of sp³-hybridized carbons (Fsp3) is 0.615. The summed E-state index contributed by atoms with van der Waals surface area (Å²) in [5.41, 5.74) is 2.51. The lowest BCUT2D eigenvalue weighted by molar-refractivity contribution is 0.423. The van der Waals surface area contributed by atoms with Crippen LogP contribution in [0.25, 0.3) is 0 Å². The molecule has 0 amide bonds. The molecule has 3 nitrogen and oxygen atoms in total. The first-order valence-corrected chi connectivity index (χ1v) is 13.3. The van der Waals surface area contributed by atoms with E-state index in [1.54, 1.807) is 3.71 Å². The normalized spacial score (nSPS) is 14.4. The first-order valence-electron chi connectivity index (χ1n) is 11.7. The van der Waals surface area contributed by atoms with Crippen molar-refractivity contribution in [3.8, 4) is 5.75 Å². The number of nitrogens with zero attached hydrogens (tertiary/aromatic N) is 1. The van der Waals surface area contributed by atoms with Crippen LogP contribution >= 0.6 is 37.4 Å². The van der Waals surface area contributed by atoms with Gasteiger partial charge in [-0.2, -0.15) is 0 Å². The fourth-order valence-electron chi connectivity index (χ4n) is 3.34. The van der Waals surface area contributed by atoms with Crippen molar-refractivity contribution in [2.24, 2.45) is 0 Å². The second kappa shape index (κ2) is 13.1. The van der Waals surface area contributed by atoms with Crippen molar-refractivity contribution in [2.75, 3.05) is 5.32 Å². The maximum absolute atomic E-state index is 10.8. The minimum Gasteiger partial charge on any atom is -0.507 e. The molecule has 0 atom stereocenters. The van der Waals surface area contributed by atoms with Crippen LogP contribution in [-0.4, -0.2) is 8.82 Å². The maximum atomic E-state index is 10.8. The molecule has 0 radical (unpaired) electrons. The Balaban J connectivity index is 0.000000547. The molecule has 0 fully saturated rings. The molecule has 0 aliphatic carbocycles. The zero-order valence-electron chi connectivity index (χ0n) is 21.2. The Hall–Kier alpha value is -0.850. The molecular weight excluding hydrogens is 453 g/mol. The van der Waals surface area contributed by atoms with Crippen LogP contribution in [0.15, 0.2) is 34.3 Å². The number of nitrogens with one attached hydrogen (secondary N) is 1. The summed E-state index contributed by atoms with van der Waals surface area (Å²) in [6.45, 7) is 17.2. The largest absolute Gasteiger partial charge is 0.507 e. The molecule has 0 bridgehead atoms. The van der Waals surface area contributed by atoms with Crippen LogP contribution in [0.5, 0.6) is 5.75 Å². The minimum atomic E-state index is -0.153. The van der Waals surface area contributed by atoms with E-state index < -0.39 is 0 Å². The highest BCUT2D eigenvalue weighted by molar-refractivity contribution is 8.08. The third-order valence-corrected chi connectivity index (χ3v) is 6.48. The van der Waals surface area contributed by atoms with Gasteiger partial charge in [0, 0.05) is 39.9 Å². The second-order valence-corrected chi connectivity index (χ2v) is 12.6. The molecule has 0 saturated heterocycles. The van der Waals surface area contributed by atoms with E-state index in [1.807, 2.05) is 24.4 Å². The van der Waals surface area contributed by atoms with Crippen molar-refractivity contribution in [2.45, 2.75) is 105 Å². The van der Waals surface area contributed by atoms with Crippen molar-refractivity contribution in [3.05, 3.63) is 45.5 Å². The number of hydrogen-bond donors (Lipinski definition) is 4. The third-order valence-electron chi connectivity index (χ3n) is 5.16. The van der Waals surface area contributed by atoms with Gasteiger partial charge in [-0.25, -0.2) is 0 Å². The van der Waals surface area contributed by atoms with Crippen molar-refractivity contribution in [1.82, 2.24) is 3.71 Å². The number of phenolic OH excluding ortho intramolecular Hbond substituents is 1. The molecule has 6 heteroatoms. The Labute approximate surface area is 212 Å². The van der Waals surface area contributed by atoms with Crippen molar-refractivity contribution >= 4 is 43.1 Å². The van der Waals surface area contributed by atoms with Crippen LogP contribution < -0.4 is 5.32 Å². The van der Waals surface area contributed by atoms with Gasteiger partial charge < -0.3 is 10.4 Å². The quantitative estimate of drug-likeness (QED) is 0.131. The zero-order chi connectivity index (χ0) is 24.5. The Morgan fingerprint density at radius 1 is 0.906 bits per heavy atom. The van der Waals surface area contributed by atoms with Crippen LogP contribution in [0.2, 0.25) is 0 Å². The topological polar surface area (TPSA) is 35.5 Å². The molecule has 1 heterocycles. The molecule has 2 N–H and O–H groups in total. The Morgan fingerprint density at radius 3 is 1.75 bits per heavy atom. The number of anilines is 1. The van der Waals surface area contributed by atoms with E-state index in [4.69, 9.17) is 0 Å². The van der Waals surface area contributed by atoms with Gasteiger partial charge in [0.25, 0.3) is 0 Å². The molecule has 182 valence electrons. The zero-order valence-corrected chi connectivity index (χ0v) is 23.9. The lowest BCUT2D eigenvalue weighted by Gasteiger charge is -2.29. The average Bonchev–Trinajstić information content (AvgIpc) is 2.64. The van der Waals surface area contributed by atoms with Gasteiger partial charge in [0.05, 0.1) is 5.03 Å². The van der Waals surface area contributed by atoms with Gasteiger partial charge in [0.1, 0.15) is 5.75 Å². The molecule has 0 saturated carbocycles. The molecule has 0 spiro atoms. The highest BCUT2D eigenvalue weighted by Gasteiger charge is 2.27. The maximum Gasteiger partial charge on any atom is 0.123 e. The second-order valence-electron chi connectivity index (χ2n) is 10.4. The molecule has 1 aliphatic heterocycles. The van der Waals surface area contributed by atoms with Gasteiger partial charge >= 0.3 is 0 Å².